The van der Waals surface area contributed by atoms with Crippen LogP contribution in [-0.2, 0) is 17.8 Å². The Morgan fingerprint density at radius 1 is 1.12 bits per heavy atom. The topological polar surface area (TPSA) is 92.5 Å². The Labute approximate surface area is 193 Å². The van der Waals surface area contributed by atoms with Crippen LogP contribution >= 0.6 is 23.2 Å². The number of aromatic nitrogens is 3. The molecule has 0 bridgehead atoms. The molecule has 0 radical (unpaired) electrons. The molecule has 2 aromatic carbocycles. The number of halogens is 2. The van der Waals surface area contributed by atoms with Gasteiger partial charge in [0.15, 0.2) is 0 Å². The molecule has 1 N–H and O–H groups in total. The fraction of sp³-hybridized carbons (Fsp3) is 0.227. The first-order valence-corrected chi connectivity index (χ1v) is 10.9. The molecule has 3 aromatic rings. The van der Waals surface area contributed by atoms with Crippen LogP contribution in [0.2, 0.25) is 10.0 Å². The van der Waals surface area contributed by atoms with E-state index in [2.05, 4.69) is 20.4 Å². The highest BCUT2D eigenvalue weighted by Crippen LogP contribution is 2.30. The number of rotatable bonds is 4. The van der Waals surface area contributed by atoms with E-state index in [0.717, 1.165) is 11.3 Å². The molecule has 0 aliphatic carbocycles. The summed E-state index contributed by atoms with van der Waals surface area (Å²) in [5.74, 6) is 0.0292. The summed E-state index contributed by atoms with van der Waals surface area (Å²) in [6.45, 7) is 0.355. The highest BCUT2D eigenvalue weighted by Gasteiger charge is 2.37. The van der Waals surface area contributed by atoms with E-state index in [9.17, 15) is 9.59 Å². The maximum Gasteiger partial charge on any atom is 0.291 e. The summed E-state index contributed by atoms with van der Waals surface area (Å²) in [7, 11) is 0. The summed E-state index contributed by atoms with van der Waals surface area (Å²) in [6, 6.07) is 12.6. The van der Waals surface area contributed by atoms with Gasteiger partial charge in [0.25, 0.3) is 11.8 Å². The number of aryl methyl sites for hydroxylation is 1. The lowest BCUT2D eigenvalue weighted by molar-refractivity contribution is -0.115. The predicted octanol–water partition coefficient (Wildman–Crippen LogP) is 3.12. The summed E-state index contributed by atoms with van der Waals surface area (Å²) in [5, 5.41) is 8.25. The first kappa shape index (κ1) is 20.7. The molecular formula is C22H18Cl2N6O2. The number of nitrogens with zero attached hydrogens (tertiary/aromatic N) is 5. The van der Waals surface area contributed by atoms with Crippen molar-refractivity contribution in [1.29, 1.82) is 0 Å². The third-order valence-electron chi connectivity index (χ3n) is 5.53. The van der Waals surface area contributed by atoms with Gasteiger partial charge < -0.3 is 5.32 Å². The van der Waals surface area contributed by atoms with Crippen LogP contribution in [0.5, 0.6) is 0 Å². The maximum atomic E-state index is 12.9. The molecule has 8 nitrogen and oxygen atoms in total. The molecule has 3 heterocycles. The number of carbonyl (C=O) groups excluding carboxylic acids is 2. The number of fused-ring (bicyclic) bond motifs is 3. The van der Waals surface area contributed by atoms with Crippen molar-refractivity contribution in [3.8, 4) is 0 Å². The first-order valence-electron chi connectivity index (χ1n) is 10.1. The summed E-state index contributed by atoms with van der Waals surface area (Å²) >= 11 is 12.4. The molecule has 0 spiro atoms. The predicted molar refractivity (Wildman–Crippen MR) is 121 cm³/mol. The monoisotopic (exact) mass is 468 g/mol. The molecule has 2 amide bonds. The lowest BCUT2D eigenvalue weighted by Gasteiger charge is -2.23. The van der Waals surface area contributed by atoms with E-state index in [0.29, 0.717) is 34.3 Å². The summed E-state index contributed by atoms with van der Waals surface area (Å²) in [4.78, 5) is 35.6. The zero-order valence-corrected chi connectivity index (χ0v) is 18.3. The zero-order valence-electron chi connectivity index (χ0n) is 16.8. The Kier molecular flexibility index (Phi) is 5.40. The number of anilines is 1. The minimum absolute atomic E-state index is 0.0198. The van der Waals surface area contributed by atoms with E-state index >= 15 is 0 Å². The van der Waals surface area contributed by atoms with Crippen LogP contribution in [0, 0.1) is 0 Å². The van der Waals surface area contributed by atoms with Crippen molar-refractivity contribution >= 4 is 46.5 Å². The SMILES string of the molecule is O=C(NC1CCc2ccccc2N2C(=O)CN=C12)c1ncn(Cc2c(Cl)cccc2Cl)n1. The molecule has 1 aromatic heterocycles. The molecule has 0 saturated heterocycles. The molecular weight excluding hydrogens is 451 g/mol. The minimum Gasteiger partial charge on any atom is -0.339 e. The summed E-state index contributed by atoms with van der Waals surface area (Å²) in [5.41, 5.74) is 2.57. The van der Waals surface area contributed by atoms with Gasteiger partial charge in [-0.25, -0.2) is 9.67 Å². The average molecular weight is 469 g/mol. The lowest BCUT2D eigenvalue weighted by atomic mass is 10.1. The smallest absolute Gasteiger partial charge is 0.291 e. The number of hydrogen-bond acceptors (Lipinski definition) is 5. The second-order valence-corrected chi connectivity index (χ2v) is 8.38. The molecule has 2 aliphatic rings. The van der Waals surface area contributed by atoms with Crippen molar-refractivity contribution in [1.82, 2.24) is 20.1 Å². The quantitative estimate of drug-likeness (QED) is 0.636. The van der Waals surface area contributed by atoms with Crippen LogP contribution in [0.15, 0.2) is 53.8 Å². The standard InChI is InChI=1S/C22H18Cl2N6O2/c23-15-5-3-6-16(24)14(15)11-29-12-26-20(28-29)22(32)27-17-9-8-13-4-1-2-7-18(13)30-19(31)10-25-21(17)30/h1-7,12,17H,8-11H2,(H,27,32). The first-order chi connectivity index (χ1) is 15.5. The third kappa shape index (κ3) is 3.76. The number of para-hydroxylation sites is 1. The van der Waals surface area contributed by atoms with Gasteiger partial charge >= 0.3 is 0 Å². The molecule has 32 heavy (non-hydrogen) atoms. The Morgan fingerprint density at radius 3 is 2.72 bits per heavy atom. The molecule has 1 unspecified atom stereocenters. The van der Waals surface area contributed by atoms with Gasteiger partial charge in [0.05, 0.1) is 18.3 Å². The Morgan fingerprint density at radius 2 is 1.91 bits per heavy atom. The van der Waals surface area contributed by atoms with Crippen molar-refractivity contribution in [2.24, 2.45) is 4.99 Å². The molecule has 10 heteroatoms. The highest BCUT2D eigenvalue weighted by molar-refractivity contribution is 6.36. The van der Waals surface area contributed by atoms with E-state index < -0.39 is 11.9 Å². The van der Waals surface area contributed by atoms with Crippen LogP contribution in [0.3, 0.4) is 0 Å². The van der Waals surface area contributed by atoms with Gasteiger partial charge in [-0.1, -0.05) is 47.5 Å². The van der Waals surface area contributed by atoms with Gasteiger partial charge in [0.2, 0.25) is 5.82 Å². The Hall–Kier alpha value is -3.23. The van der Waals surface area contributed by atoms with Gasteiger partial charge in [-0.3, -0.25) is 19.5 Å². The second kappa shape index (κ2) is 8.37. The average Bonchev–Trinajstić information content (AvgIpc) is 3.37. The van der Waals surface area contributed by atoms with Gasteiger partial charge in [-0.2, -0.15) is 0 Å². The van der Waals surface area contributed by atoms with E-state index in [1.54, 1.807) is 23.1 Å². The number of carbonyl (C=O) groups is 2. The fourth-order valence-electron chi connectivity index (χ4n) is 3.99. The molecule has 5 rings (SSSR count). The van der Waals surface area contributed by atoms with Crippen LogP contribution < -0.4 is 10.2 Å². The molecule has 1 atom stereocenters. The number of amides is 2. The molecule has 0 fully saturated rings. The van der Waals surface area contributed by atoms with Gasteiger partial charge in [0, 0.05) is 15.6 Å². The fourth-order valence-corrected chi connectivity index (χ4v) is 4.51. The van der Waals surface area contributed by atoms with Crippen LogP contribution in [0.1, 0.15) is 28.2 Å². The number of hydrogen-bond donors (Lipinski definition) is 1. The van der Waals surface area contributed by atoms with Crippen molar-refractivity contribution < 1.29 is 9.59 Å². The highest BCUT2D eigenvalue weighted by atomic mass is 35.5. The molecule has 0 saturated carbocycles. The number of aliphatic imine (C=N–C) groups is 1. The number of amidine groups is 1. The number of nitrogens with one attached hydrogen (secondary N) is 1. The maximum absolute atomic E-state index is 12.9. The Bertz CT molecular complexity index is 1230. The van der Waals surface area contributed by atoms with Crippen LogP contribution in [0.4, 0.5) is 5.69 Å². The van der Waals surface area contributed by atoms with Crippen molar-refractivity contribution in [3.05, 3.63) is 75.8 Å². The Balaban J connectivity index is 1.34. The third-order valence-corrected chi connectivity index (χ3v) is 6.24. The lowest BCUT2D eigenvalue weighted by Crippen LogP contribution is -2.47. The van der Waals surface area contributed by atoms with Crippen molar-refractivity contribution in [2.45, 2.75) is 25.4 Å². The molecule has 2 aliphatic heterocycles. The molecule has 162 valence electrons. The van der Waals surface area contributed by atoms with Crippen molar-refractivity contribution in [2.75, 3.05) is 11.4 Å². The summed E-state index contributed by atoms with van der Waals surface area (Å²) in [6.07, 6.45) is 2.78. The number of benzene rings is 2. The van der Waals surface area contributed by atoms with Gasteiger partial charge in [-0.05, 0) is 36.6 Å². The van der Waals surface area contributed by atoms with Crippen molar-refractivity contribution in [3.63, 3.8) is 0 Å². The largest absolute Gasteiger partial charge is 0.339 e. The van der Waals surface area contributed by atoms with Gasteiger partial charge in [-0.15, -0.1) is 5.10 Å². The minimum atomic E-state index is -0.438. The van der Waals surface area contributed by atoms with E-state index in [4.69, 9.17) is 23.2 Å². The van der Waals surface area contributed by atoms with Crippen LogP contribution in [0.25, 0.3) is 0 Å². The normalized spacial score (nSPS) is 17.4. The van der Waals surface area contributed by atoms with Gasteiger partial charge in [0.1, 0.15) is 18.7 Å². The van der Waals surface area contributed by atoms with Crippen LogP contribution in [-0.4, -0.2) is 45.0 Å². The van der Waals surface area contributed by atoms with E-state index in [1.807, 2.05) is 24.3 Å². The second-order valence-electron chi connectivity index (χ2n) is 7.56. The zero-order chi connectivity index (χ0) is 22.2. The van der Waals surface area contributed by atoms with E-state index in [1.165, 1.54) is 11.0 Å². The van der Waals surface area contributed by atoms with E-state index in [-0.39, 0.29) is 24.8 Å². The summed E-state index contributed by atoms with van der Waals surface area (Å²) < 4.78 is 1.51.